The number of aryl methyl sites for hydroxylation is 2. The first kappa shape index (κ1) is 18.0. The first-order chi connectivity index (χ1) is 12.8. The van der Waals surface area contributed by atoms with Gasteiger partial charge in [0.05, 0.1) is 5.39 Å². The number of pyridine rings is 1. The third-order valence-corrected chi connectivity index (χ3v) is 5.92. The maximum Gasteiger partial charge on any atom is 0.451 e. The summed E-state index contributed by atoms with van der Waals surface area (Å²) in [6, 6.07) is 5.72. The van der Waals surface area contributed by atoms with Crippen molar-refractivity contribution in [3.63, 3.8) is 0 Å². The molecule has 142 valence electrons. The molecule has 0 N–H and O–H groups in total. The molecule has 3 aromatic rings. The summed E-state index contributed by atoms with van der Waals surface area (Å²) in [5.41, 5.74) is 0.950. The summed E-state index contributed by atoms with van der Waals surface area (Å²) < 4.78 is 39.9. The summed E-state index contributed by atoms with van der Waals surface area (Å²) in [6.45, 7) is 6.32. The molecule has 0 spiro atoms. The number of fused-ring (bicyclic) bond motifs is 1. The van der Waals surface area contributed by atoms with Crippen LogP contribution in [0.2, 0.25) is 0 Å². The Hall–Kier alpha value is -2.42. The van der Waals surface area contributed by atoms with E-state index in [2.05, 4.69) is 19.9 Å². The van der Waals surface area contributed by atoms with Crippen LogP contribution in [0.25, 0.3) is 10.2 Å². The summed E-state index contributed by atoms with van der Waals surface area (Å²) in [5.74, 6) is 0.191. The molecular formula is C18H18F3N5S. The number of halogens is 3. The smallest absolute Gasteiger partial charge is 0.353 e. The van der Waals surface area contributed by atoms with Crippen LogP contribution in [0.5, 0.6) is 0 Å². The molecule has 4 rings (SSSR count). The van der Waals surface area contributed by atoms with Gasteiger partial charge in [-0.2, -0.15) is 13.2 Å². The lowest BCUT2D eigenvalue weighted by Crippen LogP contribution is -2.47. The first-order valence-corrected chi connectivity index (χ1v) is 9.42. The Morgan fingerprint density at radius 2 is 1.70 bits per heavy atom. The topological polar surface area (TPSA) is 45.2 Å². The maximum atomic E-state index is 13.3. The lowest BCUT2D eigenvalue weighted by Gasteiger charge is -2.36. The summed E-state index contributed by atoms with van der Waals surface area (Å²) >= 11 is 1.29. The van der Waals surface area contributed by atoms with Gasteiger partial charge in [0.1, 0.15) is 16.5 Å². The number of thiophene rings is 1. The van der Waals surface area contributed by atoms with Gasteiger partial charge in [-0.1, -0.05) is 6.07 Å². The van der Waals surface area contributed by atoms with Crippen molar-refractivity contribution in [3.05, 3.63) is 40.7 Å². The summed E-state index contributed by atoms with van der Waals surface area (Å²) in [7, 11) is 0. The van der Waals surface area contributed by atoms with Crippen LogP contribution < -0.4 is 9.80 Å². The average Bonchev–Trinajstić information content (AvgIpc) is 2.95. The summed E-state index contributed by atoms with van der Waals surface area (Å²) in [5, 5.41) is 0.733. The molecule has 4 heterocycles. The van der Waals surface area contributed by atoms with E-state index >= 15 is 0 Å². The molecule has 0 atom stereocenters. The van der Waals surface area contributed by atoms with Crippen molar-refractivity contribution in [2.75, 3.05) is 36.0 Å². The SMILES string of the molecule is Cc1sc2nc(C(F)(F)F)nc(N3CCN(c4ccccn4)CC3)c2c1C. The predicted octanol–water partition coefficient (Wildman–Crippen LogP) is 4.05. The van der Waals surface area contributed by atoms with Crippen molar-refractivity contribution in [2.45, 2.75) is 20.0 Å². The van der Waals surface area contributed by atoms with E-state index in [0.29, 0.717) is 36.8 Å². The number of piperazine rings is 1. The molecule has 1 aliphatic rings. The van der Waals surface area contributed by atoms with Gasteiger partial charge in [-0.3, -0.25) is 0 Å². The molecule has 3 aromatic heterocycles. The largest absolute Gasteiger partial charge is 0.451 e. The van der Waals surface area contributed by atoms with E-state index < -0.39 is 12.0 Å². The Morgan fingerprint density at radius 1 is 1.00 bits per heavy atom. The number of anilines is 2. The average molecular weight is 393 g/mol. The fourth-order valence-corrected chi connectivity index (χ4v) is 4.30. The zero-order valence-corrected chi connectivity index (χ0v) is 15.7. The summed E-state index contributed by atoms with van der Waals surface area (Å²) in [4.78, 5) is 17.5. The highest BCUT2D eigenvalue weighted by Crippen LogP contribution is 2.38. The zero-order chi connectivity index (χ0) is 19.2. The van der Waals surface area contributed by atoms with E-state index in [1.54, 1.807) is 6.20 Å². The predicted molar refractivity (Wildman–Crippen MR) is 101 cm³/mol. The van der Waals surface area contributed by atoms with E-state index in [4.69, 9.17) is 0 Å². The van der Waals surface area contributed by atoms with Gasteiger partial charge in [0, 0.05) is 37.3 Å². The van der Waals surface area contributed by atoms with Crippen LogP contribution in [-0.4, -0.2) is 41.1 Å². The van der Waals surface area contributed by atoms with Crippen molar-refractivity contribution >= 4 is 33.2 Å². The van der Waals surface area contributed by atoms with E-state index in [-0.39, 0.29) is 0 Å². The van der Waals surface area contributed by atoms with E-state index in [1.807, 2.05) is 36.9 Å². The van der Waals surface area contributed by atoms with Crippen LogP contribution in [0.3, 0.4) is 0 Å². The highest BCUT2D eigenvalue weighted by molar-refractivity contribution is 7.18. The van der Waals surface area contributed by atoms with Gasteiger partial charge >= 0.3 is 6.18 Å². The number of hydrogen-bond donors (Lipinski definition) is 0. The van der Waals surface area contributed by atoms with Gasteiger partial charge in [0.25, 0.3) is 0 Å². The lowest BCUT2D eigenvalue weighted by atomic mass is 10.2. The van der Waals surface area contributed by atoms with E-state index in [1.165, 1.54) is 11.3 Å². The Kier molecular flexibility index (Phi) is 4.41. The van der Waals surface area contributed by atoms with Crippen LogP contribution in [0, 0.1) is 13.8 Å². The quantitative estimate of drug-likeness (QED) is 0.657. The Balaban J connectivity index is 1.69. The van der Waals surface area contributed by atoms with Crippen molar-refractivity contribution < 1.29 is 13.2 Å². The molecule has 1 fully saturated rings. The molecular weight excluding hydrogens is 375 g/mol. The molecule has 0 unspecified atom stereocenters. The number of alkyl halides is 3. The highest BCUT2D eigenvalue weighted by atomic mass is 32.1. The van der Waals surface area contributed by atoms with Crippen LogP contribution in [0.1, 0.15) is 16.3 Å². The minimum Gasteiger partial charge on any atom is -0.353 e. The zero-order valence-electron chi connectivity index (χ0n) is 14.9. The molecule has 1 aliphatic heterocycles. The van der Waals surface area contributed by atoms with Gasteiger partial charge in [-0.15, -0.1) is 11.3 Å². The van der Waals surface area contributed by atoms with Gasteiger partial charge in [-0.25, -0.2) is 15.0 Å². The van der Waals surface area contributed by atoms with Crippen LogP contribution in [0.15, 0.2) is 24.4 Å². The molecule has 27 heavy (non-hydrogen) atoms. The molecule has 0 aromatic carbocycles. The van der Waals surface area contributed by atoms with Crippen LogP contribution >= 0.6 is 11.3 Å². The van der Waals surface area contributed by atoms with Crippen LogP contribution in [0.4, 0.5) is 24.8 Å². The second-order valence-corrected chi connectivity index (χ2v) is 7.70. The van der Waals surface area contributed by atoms with Crippen molar-refractivity contribution in [3.8, 4) is 0 Å². The number of aromatic nitrogens is 3. The fraction of sp³-hybridized carbons (Fsp3) is 0.389. The first-order valence-electron chi connectivity index (χ1n) is 8.60. The normalized spacial score (nSPS) is 15.6. The third kappa shape index (κ3) is 3.31. The van der Waals surface area contributed by atoms with E-state index in [0.717, 1.165) is 21.6 Å². The molecule has 0 aliphatic carbocycles. The van der Waals surface area contributed by atoms with Gasteiger partial charge in [-0.05, 0) is 31.5 Å². The van der Waals surface area contributed by atoms with Gasteiger partial charge < -0.3 is 9.80 Å². The second-order valence-electron chi connectivity index (χ2n) is 6.49. The fourth-order valence-electron chi connectivity index (χ4n) is 3.27. The van der Waals surface area contributed by atoms with Gasteiger partial charge in [0.2, 0.25) is 5.82 Å². The molecule has 0 radical (unpaired) electrons. The molecule has 0 saturated carbocycles. The van der Waals surface area contributed by atoms with E-state index in [9.17, 15) is 13.2 Å². The molecule has 1 saturated heterocycles. The Morgan fingerprint density at radius 3 is 2.33 bits per heavy atom. The number of nitrogens with zero attached hydrogens (tertiary/aromatic N) is 5. The molecule has 0 bridgehead atoms. The van der Waals surface area contributed by atoms with Crippen molar-refractivity contribution in [1.29, 1.82) is 0 Å². The highest BCUT2D eigenvalue weighted by Gasteiger charge is 2.37. The molecule has 5 nitrogen and oxygen atoms in total. The maximum absolute atomic E-state index is 13.3. The lowest BCUT2D eigenvalue weighted by molar-refractivity contribution is -0.144. The van der Waals surface area contributed by atoms with Gasteiger partial charge in [0.15, 0.2) is 0 Å². The Bertz CT molecular complexity index is 963. The number of rotatable bonds is 2. The second kappa shape index (κ2) is 6.63. The minimum atomic E-state index is -4.56. The Labute approximate surface area is 158 Å². The van der Waals surface area contributed by atoms with Crippen LogP contribution in [-0.2, 0) is 6.18 Å². The third-order valence-electron chi connectivity index (χ3n) is 4.82. The van der Waals surface area contributed by atoms with Crippen molar-refractivity contribution in [1.82, 2.24) is 15.0 Å². The number of hydrogen-bond acceptors (Lipinski definition) is 6. The molecule has 0 amide bonds. The minimum absolute atomic E-state index is 0.384. The standard InChI is InChI=1S/C18H18F3N5S/c1-11-12(2)27-16-14(11)15(23-17(24-16)18(19,20)21)26-9-7-25(8-10-26)13-5-3-4-6-22-13/h3-6H,7-10H2,1-2H3. The summed E-state index contributed by atoms with van der Waals surface area (Å²) in [6.07, 6.45) is -2.83. The van der Waals surface area contributed by atoms with Crippen molar-refractivity contribution in [2.24, 2.45) is 0 Å². The monoisotopic (exact) mass is 393 g/mol. The molecule has 9 heteroatoms.